The van der Waals surface area contributed by atoms with Gasteiger partial charge in [0.25, 0.3) is 0 Å². The largest absolute Gasteiger partial charge is 0.355 e. The van der Waals surface area contributed by atoms with Crippen molar-refractivity contribution in [3.63, 3.8) is 0 Å². The minimum Gasteiger partial charge on any atom is -0.355 e. The van der Waals surface area contributed by atoms with Crippen LogP contribution >= 0.6 is 24.0 Å². The molecule has 142 valence electrons. The van der Waals surface area contributed by atoms with Crippen LogP contribution in [0.4, 0.5) is 0 Å². The van der Waals surface area contributed by atoms with Crippen molar-refractivity contribution >= 4 is 35.8 Å². The number of nitrogens with one attached hydrogen (secondary N) is 1. The lowest BCUT2D eigenvalue weighted by Gasteiger charge is -2.32. The highest BCUT2D eigenvalue weighted by Gasteiger charge is 2.42. The molecule has 1 fully saturated rings. The Morgan fingerprint density at radius 2 is 1.96 bits per heavy atom. The van der Waals surface area contributed by atoms with E-state index in [1.54, 1.807) is 11.9 Å². The standard InChI is InChI=1S/C18H31N5O.HI/c1-19-17(23(5)13-15-9-8-12-22(15)4)20-14-18(10-6-7-11-18)16(24)21(2)3;/h8-9,12H,6-7,10-11,13-14H2,1-5H3,(H,19,20);1H. The molecule has 0 atom stereocenters. The second-order valence-electron chi connectivity index (χ2n) is 7.05. The van der Waals surface area contributed by atoms with Gasteiger partial charge in [-0.15, -0.1) is 24.0 Å². The monoisotopic (exact) mass is 461 g/mol. The van der Waals surface area contributed by atoms with Gasteiger partial charge in [0.05, 0.1) is 12.0 Å². The zero-order valence-electron chi connectivity index (χ0n) is 16.1. The average Bonchev–Trinajstić information content (AvgIpc) is 3.18. The summed E-state index contributed by atoms with van der Waals surface area (Å²) in [7, 11) is 9.55. The summed E-state index contributed by atoms with van der Waals surface area (Å²) < 4.78 is 2.11. The molecule has 0 aromatic carbocycles. The molecule has 0 aliphatic heterocycles. The van der Waals surface area contributed by atoms with Crippen molar-refractivity contribution in [3.05, 3.63) is 24.0 Å². The number of carbonyl (C=O) groups is 1. The lowest BCUT2D eigenvalue weighted by molar-refractivity contribution is -0.138. The number of rotatable bonds is 5. The SMILES string of the molecule is CN=C(NCC1(C(=O)N(C)C)CCCC1)N(C)Cc1cccn1C.I. The molecule has 25 heavy (non-hydrogen) atoms. The fraction of sp³-hybridized carbons (Fsp3) is 0.667. The Balaban J connectivity index is 0.00000312. The first-order valence-corrected chi connectivity index (χ1v) is 8.63. The van der Waals surface area contributed by atoms with Crippen LogP contribution in [0.5, 0.6) is 0 Å². The number of aromatic nitrogens is 1. The third kappa shape index (κ3) is 5.12. The summed E-state index contributed by atoms with van der Waals surface area (Å²) in [6.45, 7) is 1.42. The molecule has 0 radical (unpaired) electrons. The quantitative estimate of drug-likeness (QED) is 0.416. The normalized spacial score (nSPS) is 16.3. The van der Waals surface area contributed by atoms with Gasteiger partial charge in [0.2, 0.25) is 5.91 Å². The van der Waals surface area contributed by atoms with Crippen molar-refractivity contribution in [2.75, 3.05) is 34.7 Å². The summed E-state index contributed by atoms with van der Waals surface area (Å²) in [5.41, 5.74) is 0.936. The van der Waals surface area contributed by atoms with Gasteiger partial charge in [0.1, 0.15) is 0 Å². The molecule has 1 N–H and O–H groups in total. The Morgan fingerprint density at radius 3 is 2.44 bits per heavy atom. The lowest BCUT2D eigenvalue weighted by Crippen LogP contribution is -2.49. The van der Waals surface area contributed by atoms with E-state index in [0.29, 0.717) is 6.54 Å². The van der Waals surface area contributed by atoms with Gasteiger partial charge < -0.3 is 19.7 Å². The first-order chi connectivity index (χ1) is 11.4. The molecule has 6 nitrogen and oxygen atoms in total. The van der Waals surface area contributed by atoms with Gasteiger partial charge in [-0.05, 0) is 25.0 Å². The van der Waals surface area contributed by atoms with Gasteiger partial charge in [0.15, 0.2) is 5.96 Å². The number of aliphatic imine (C=N–C) groups is 1. The van der Waals surface area contributed by atoms with Crippen LogP contribution in [0.2, 0.25) is 0 Å². The van der Waals surface area contributed by atoms with Gasteiger partial charge >= 0.3 is 0 Å². The summed E-state index contributed by atoms with van der Waals surface area (Å²) in [6, 6.07) is 4.15. The minimum atomic E-state index is -0.286. The summed E-state index contributed by atoms with van der Waals surface area (Å²) in [5, 5.41) is 3.44. The highest BCUT2D eigenvalue weighted by Crippen LogP contribution is 2.38. The highest BCUT2D eigenvalue weighted by molar-refractivity contribution is 14.0. The van der Waals surface area contributed by atoms with E-state index in [4.69, 9.17) is 0 Å². The number of halogens is 1. The summed E-state index contributed by atoms with van der Waals surface area (Å²) in [5.74, 6) is 1.06. The van der Waals surface area contributed by atoms with Crippen LogP contribution in [-0.2, 0) is 18.4 Å². The Kier molecular flexibility index (Phi) is 8.24. The topological polar surface area (TPSA) is 52.9 Å². The van der Waals surface area contributed by atoms with Gasteiger partial charge in [0, 0.05) is 53.7 Å². The highest BCUT2D eigenvalue weighted by atomic mass is 127. The molecule has 1 aromatic heterocycles. The van der Waals surface area contributed by atoms with Crippen LogP contribution in [0.3, 0.4) is 0 Å². The maximum absolute atomic E-state index is 12.7. The molecule has 1 amide bonds. The number of nitrogens with zero attached hydrogens (tertiary/aromatic N) is 4. The predicted octanol–water partition coefficient (Wildman–Crippen LogP) is 2.30. The molecular formula is C18H32IN5O. The van der Waals surface area contributed by atoms with E-state index in [-0.39, 0.29) is 35.3 Å². The third-order valence-corrected chi connectivity index (χ3v) is 5.03. The third-order valence-electron chi connectivity index (χ3n) is 5.03. The van der Waals surface area contributed by atoms with E-state index < -0.39 is 0 Å². The molecule has 1 heterocycles. The fourth-order valence-electron chi connectivity index (χ4n) is 3.60. The van der Waals surface area contributed by atoms with Gasteiger partial charge in [-0.1, -0.05) is 12.8 Å². The molecule has 0 saturated heterocycles. The van der Waals surface area contributed by atoms with Gasteiger partial charge in [-0.25, -0.2) is 0 Å². The molecule has 1 aliphatic rings. The Hall–Kier alpha value is -1.25. The van der Waals surface area contributed by atoms with Crippen molar-refractivity contribution in [1.29, 1.82) is 0 Å². The summed E-state index contributed by atoms with van der Waals surface area (Å²) >= 11 is 0. The number of hydrogen-bond donors (Lipinski definition) is 1. The van der Waals surface area contributed by atoms with E-state index in [0.717, 1.165) is 38.2 Å². The van der Waals surface area contributed by atoms with E-state index in [1.165, 1.54) is 5.69 Å². The van der Waals surface area contributed by atoms with E-state index >= 15 is 0 Å². The van der Waals surface area contributed by atoms with Crippen molar-refractivity contribution in [3.8, 4) is 0 Å². The van der Waals surface area contributed by atoms with Crippen LogP contribution in [0, 0.1) is 5.41 Å². The molecule has 1 aliphatic carbocycles. The smallest absolute Gasteiger partial charge is 0.230 e. The first-order valence-electron chi connectivity index (χ1n) is 8.63. The van der Waals surface area contributed by atoms with Crippen molar-refractivity contribution in [2.45, 2.75) is 32.2 Å². The molecule has 0 bridgehead atoms. The predicted molar refractivity (Wildman–Crippen MR) is 113 cm³/mol. The summed E-state index contributed by atoms with van der Waals surface area (Å²) in [4.78, 5) is 20.9. The number of aryl methyl sites for hydroxylation is 1. The van der Waals surface area contributed by atoms with E-state index in [1.807, 2.05) is 40.5 Å². The van der Waals surface area contributed by atoms with Gasteiger partial charge in [-0.3, -0.25) is 9.79 Å². The molecule has 2 rings (SSSR count). The van der Waals surface area contributed by atoms with Gasteiger partial charge in [-0.2, -0.15) is 0 Å². The van der Waals surface area contributed by atoms with E-state index in [2.05, 4.69) is 25.8 Å². The van der Waals surface area contributed by atoms with Crippen LogP contribution in [0.15, 0.2) is 23.3 Å². The average molecular weight is 461 g/mol. The zero-order valence-corrected chi connectivity index (χ0v) is 18.4. The molecular weight excluding hydrogens is 429 g/mol. The second kappa shape index (κ2) is 9.45. The van der Waals surface area contributed by atoms with Crippen LogP contribution < -0.4 is 5.32 Å². The molecule has 0 unspecified atom stereocenters. The number of amides is 1. The lowest BCUT2D eigenvalue weighted by atomic mass is 9.84. The zero-order chi connectivity index (χ0) is 17.7. The maximum atomic E-state index is 12.7. The Morgan fingerprint density at radius 1 is 1.32 bits per heavy atom. The van der Waals surface area contributed by atoms with Crippen LogP contribution in [0.25, 0.3) is 0 Å². The molecule has 7 heteroatoms. The Bertz CT molecular complexity index is 590. The minimum absolute atomic E-state index is 0. The number of guanidine groups is 1. The molecule has 1 aromatic rings. The summed E-state index contributed by atoms with van der Waals surface area (Å²) in [6.07, 6.45) is 6.20. The van der Waals surface area contributed by atoms with Crippen molar-refractivity contribution in [2.24, 2.45) is 17.5 Å². The molecule has 0 spiro atoms. The second-order valence-corrected chi connectivity index (χ2v) is 7.05. The van der Waals surface area contributed by atoms with Crippen LogP contribution in [-0.4, -0.2) is 61.0 Å². The maximum Gasteiger partial charge on any atom is 0.230 e. The number of hydrogen-bond acceptors (Lipinski definition) is 2. The van der Waals surface area contributed by atoms with Crippen molar-refractivity contribution < 1.29 is 4.79 Å². The van der Waals surface area contributed by atoms with Crippen molar-refractivity contribution in [1.82, 2.24) is 19.7 Å². The molecule has 1 saturated carbocycles. The fourth-order valence-corrected chi connectivity index (χ4v) is 3.60. The van der Waals surface area contributed by atoms with Crippen LogP contribution in [0.1, 0.15) is 31.4 Å². The Labute approximate surface area is 168 Å². The first kappa shape index (κ1) is 21.8. The van der Waals surface area contributed by atoms with E-state index in [9.17, 15) is 4.79 Å². The number of carbonyl (C=O) groups excluding carboxylic acids is 1.